The van der Waals surface area contributed by atoms with Crippen LogP contribution in [-0.4, -0.2) is 33.5 Å². The Morgan fingerprint density at radius 2 is 2.00 bits per heavy atom. The van der Waals surface area contributed by atoms with Gasteiger partial charge >= 0.3 is 0 Å². The highest BCUT2D eigenvalue weighted by Crippen LogP contribution is 2.22. The monoisotopic (exact) mass is 459 g/mol. The van der Waals surface area contributed by atoms with Gasteiger partial charge < -0.3 is 10.6 Å². The van der Waals surface area contributed by atoms with E-state index < -0.39 is 4.92 Å². The van der Waals surface area contributed by atoms with Gasteiger partial charge in [-0.15, -0.1) is 0 Å². The van der Waals surface area contributed by atoms with E-state index >= 15 is 0 Å². The first-order valence-corrected chi connectivity index (χ1v) is 9.63. The molecule has 1 amide bonds. The van der Waals surface area contributed by atoms with Crippen LogP contribution in [0, 0.1) is 10.1 Å². The molecule has 2 aromatic carbocycles. The number of aryl methyl sites for hydroxylation is 1. The Balaban J connectivity index is 1.50. The van der Waals surface area contributed by atoms with E-state index in [1.807, 2.05) is 6.07 Å². The van der Waals surface area contributed by atoms with Crippen LogP contribution in [0.4, 0.5) is 11.4 Å². The number of hydrogen-bond donors (Lipinski definition) is 2. The summed E-state index contributed by atoms with van der Waals surface area (Å²) in [7, 11) is 0. The molecule has 1 heterocycles. The number of hydrogen-bond acceptors (Lipinski definition) is 6. The van der Waals surface area contributed by atoms with Crippen LogP contribution in [0.25, 0.3) is 10.9 Å². The predicted octanol–water partition coefficient (Wildman–Crippen LogP) is 2.69. The summed E-state index contributed by atoms with van der Waals surface area (Å²) < 4.78 is 2.19. The number of nitrogens with zero attached hydrogens (tertiary/aromatic N) is 3. The lowest BCUT2D eigenvalue weighted by Gasteiger charge is -2.09. The van der Waals surface area contributed by atoms with Crippen LogP contribution in [0.3, 0.4) is 0 Å². The Morgan fingerprint density at radius 3 is 2.79 bits per heavy atom. The summed E-state index contributed by atoms with van der Waals surface area (Å²) in [5, 5.41) is 17.1. The molecule has 0 fully saturated rings. The van der Waals surface area contributed by atoms with Crippen molar-refractivity contribution in [1.82, 2.24) is 14.9 Å². The number of nitro groups is 1. The molecule has 29 heavy (non-hydrogen) atoms. The molecule has 3 aromatic rings. The van der Waals surface area contributed by atoms with E-state index in [4.69, 9.17) is 0 Å². The normalized spacial score (nSPS) is 10.7. The molecule has 9 nitrogen and oxygen atoms in total. The molecule has 10 heteroatoms. The van der Waals surface area contributed by atoms with Crippen molar-refractivity contribution in [1.29, 1.82) is 0 Å². The van der Waals surface area contributed by atoms with Crippen LogP contribution in [0.1, 0.15) is 6.42 Å². The topological polar surface area (TPSA) is 119 Å². The number of carbonyl (C=O) groups excluding carboxylic acids is 1. The SMILES string of the molecule is O=C(CCn1cnc2ccc(Br)cc2c1=O)NCCNc1ccccc1[N+](=O)[O-]. The third-order valence-corrected chi connectivity index (χ3v) is 4.72. The van der Waals surface area contributed by atoms with E-state index in [9.17, 15) is 19.7 Å². The maximum atomic E-state index is 12.5. The van der Waals surface area contributed by atoms with Crippen LogP contribution < -0.4 is 16.2 Å². The smallest absolute Gasteiger partial charge is 0.292 e. The van der Waals surface area contributed by atoms with Crippen LogP contribution in [0.5, 0.6) is 0 Å². The van der Waals surface area contributed by atoms with E-state index in [0.29, 0.717) is 29.7 Å². The minimum absolute atomic E-state index is 0.0198. The highest BCUT2D eigenvalue weighted by atomic mass is 79.9. The van der Waals surface area contributed by atoms with Crippen molar-refractivity contribution in [3.05, 3.63) is 73.7 Å². The van der Waals surface area contributed by atoms with Gasteiger partial charge in [-0.3, -0.25) is 24.3 Å². The average molecular weight is 460 g/mol. The van der Waals surface area contributed by atoms with Crippen molar-refractivity contribution in [3.63, 3.8) is 0 Å². The number of anilines is 1. The van der Waals surface area contributed by atoms with Crippen molar-refractivity contribution in [2.45, 2.75) is 13.0 Å². The van der Waals surface area contributed by atoms with Crippen molar-refractivity contribution < 1.29 is 9.72 Å². The standard InChI is InChI=1S/C19H18BrN5O4/c20-13-5-6-15-14(11-13)19(27)24(12-23-15)10-7-18(26)22-9-8-21-16-3-1-2-4-17(16)25(28)29/h1-6,11-12,21H,7-10H2,(H,22,26). The lowest BCUT2D eigenvalue weighted by atomic mass is 10.2. The van der Waals surface area contributed by atoms with Gasteiger partial charge in [0.05, 0.1) is 22.2 Å². The van der Waals surface area contributed by atoms with Gasteiger partial charge in [0.1, 0.15) is 5.69 Å². The number of aromatic nitrogens is 2. The molecule has 3 rings (SSSR count). The first-order chi connectivity index (χ1) is 14.0. The molecule has 0 bridgehead atoms. The lowest BCUT2D eigenvalue weighted by Crippen LogP contribution is -2.31. The largest absolute Gasteiger partial charge is 0.378 e. The van der Waals surface area contributed by atoms with Crippen molar-refractivity contribution in [3.8, 4) is 0 Å². The quantitative estimate of drug-likeness (QED) is 0.303. The van der Waals surface area contributed by atoms with Crippen LogP contribution >= 0.6 is 15.9 Å². The third kappa shape index (κ3) is 5.17. The maximum Gasteiger partial charge on any atom is 0.292 e. The summed E-state index contributed by atoms with van der Waals surface area (Å²) in [5.41, 5.74) is 0.766. The van der Waals surface area contributed by atoms with E-state index in [2.05, 4.69) is 31.5 Å². The fraction of sp³-hybridized carbons (Fsp3) is 0.211. The number of fused-ring (bicyclic) bond motifs is 1. The molecule has 150 valence electrons. The van der Waals surface area contributed by atoms with Gasteiger partial charge in [-0.1, -0.05) is 28.1 Å². The molecule has 0 aliphatic carbocycles. The fourth-order valence-electron chi connectivity index (χ4n) is 2.78. The summed E-state index contributed by atoms with van der Waals surface area (Å²) in [5.74, 6) is -0.226. The number of para-hydroxylation sites is 2. The number of carbonyl (C=O) groups is 1. The lowest BCUT2D eigenvalue weighted by molar-refractivity contribution is -0.384. The molecule has 0 aliphatic heterocycles. The summed E-state index contributed by atoms with van der Waals surface area (Å²) in [6.07, 6.45) is 1.55. The molecule has 0 saturated carbocycles. The zero-order valence-electron chi connectivity index (χ0n) is 15.3. The molecule has 2 N–H and O–H groups in total. The van der Waals surface area contributed by atoms with Gasteiger partial charge in [0.15, 0.2) is 0 Å². The van der Waals surface area contributed by atoms with Gasteiger partial charge in [-0.25, -0.2) is 4.98 Å². The molecule has 1 aromatic heterocycles. The molecule has 0 radical (unpaired) electrons. The first kappa shape index (κ1) is 20.5. The highest BCUT2D eigenvalue weighted by molar-refractivity contribution is 9.10. The Morgan fingerprint density at radius 1 is 1.21 bits per heavy atom. The number of nitrogens with one attached hydrogen (secondary N) is 2. The zero-order valence-corrected chi connectivity index (χ0v) is 16.9. The second kappa shape index (κ2) is 9.28. The van der Waals surface area contributed by atoms with E-state index in [0.717, 1.165) is 4.47 Å². The Bertz CT molecular complexity index is 1120. The van der Waals surface area contributed by atoms with Crippen LogP contribution in [0.2, 0.25) is 0 Å². The van der Waals surface area contributed by atoms with E-state index in [-0.39, 0.29) is 30.1 Å². The van der Waals surface area contributed by atoms with Crippen LogP contribution in [-0.2, 0) is 11.3 Å². The third-order valence-electron chi connectivity index (χ3n) is 4.23. The fourth-order valence-corrected chi connectivity index (χ4v) is 3.14. The number of rotatable bonds is 8. The summed E-state index contributed by atoms with van der Waals surface area (Å²) in [6.45, 7) is 0.836. The van der Waals surface area contributed by atoms with Gasteiger partial charge in [0.2, 0.25) is 5.91 Å². The minimum Gasteiger partial charge on any atom is -0.378 e. The summed E-state index contributed by atoms with van der Waals surface area (Å²) in [6, 6.07) is 11.6. The molecule has 0 spiro atoms. The van der Waals surface area contributed by atoms with Crippen LogP contribution in [0.15, 0.2) is 58.1 Å². The second-order valence-electron chi connectivity index (χ2n) is 6.21. The molecule has 0 saturated heterocycles. The van der Waals surface area contributed by atoms with Gasteiger partial charge in [-0.05, 0) is 24.3 Å². The van der Waals surface area contributed by atoms with Crippen molar-refractivity contribution in [2.24, 2.45) is 0 Å². The Kier molecular flexibility index (Phi) is 6.55. The highest BCUT2D eigenvalue weighted by Gasteiger charge is 2.11. The number of nitro benzene ring substituents is 1. The molecule has 0 atom stereocenters. The second-order valence-corrected chi connectivity index (χ2v) is 7.12. The van der Waals surface area contributed by atoms with E-state index in [1.54, 1.807) is 30.3 Å². The van der Waals surface area contributed by atoms with Gasteiger partial charge in [0.25, 0.3) is 11.2 Å². The number of benzene rings is 2. The Hall–Kier alpha value is -3.27. The first-order valence-electron chi connectivity index (χ1n) is 8.84. The van der Waals surface area contributed by atoms with Gasteiger partial charge in [-0.2, -0.15) is 0 Å². The zero-order chi connectivity index (χ0) is 20.8. The number of amides is 1. The summed E-state index contributed by atoms with van der Waals surface area (Å²) in [4.78, 5) is 39.3. The Labute approximate surface area is 174 Å². The van der Waals surface area contributed by atoms with Crippen molar-refractivity contribution >= 4 is 44.1 Å². The van der Waals surface area contributed by atoms with Gasteiger partial charge in [0, 0.05) is 36.6 Å². The minimum atomic E-state index is -0.464. The molecule has 0 unspecified atom stereocenters. The van der Waals surface area contributed by atoms with E-state index in [1.165, 1.54) is 17.0 Å². The molecular weight excluding hydrogens is 442 g/mol. The number of halogens is 1. The predicted molar refractivity (Wildman–Crippen MR) is 113 cm³/mol. The maximum absolute atomic E-state index is 12.5. The van der Waals surface area contributed by atoms with Crippen molar-refractivity contribution in [2.75, 3.05) is 18.4 Å². The molecular formula is C19H18BrN5O4. The molecule has 0 aliphatic rings. The average Bonchev–Trinajstić information content (AvgIpc) is 2.71. The summed E-state index contributed by atoms with van der Waals surface area (Å²) >= 11 is 3.33.